The summed E-state index contributed by atoms with van der Waals surface area (Å²) in [6.45, 7) is 1.68. The maximum absolute atomic E-state index is 6.03. The number of rotatable bonds is 4. The van der Waals surface area contributed by atoms with Crippen molar-refractivity contribution in [3.05, 3.63) is 53.9 Å². The van der Waals surface area contributed by atoms with Gasteiger partial charge >= 0.3 is 0 Å². The van der Waals surface area contributed by atoms with E-state index in [9.17, 15) is 0 Å². The van der Waals surface area contributed by atoms with Crippen molar-refractivity contribution in [3.8, 4) is 0 Å². The standard InChI is InChI=1S/C17H21N3S/c1-21-17-6-2-4-16(14(17)12-18)20-11-3-5-15(20)13-7-9-19-10-8-13/h2,4,6-10,15H,3,5,11-12,18H2,1H3. The number of aromatic nitrogens is 1. The summed E-state index contributed by atoms with van der Waals surface area (Å²) >= 11 is 1.77. The van der Waals surface area contributed by atoms with Crippen LogP contribution in [0, 0.1) is 0 Å². The second-order valence-corrected chi connectivity index (χ2v) is 6.14. The number of nitrogens with zero attached hydrogens (tertiary/aromatic N) is 2. The van der Waals surface area contributed by atoms with Gasteiger partial charge in [0.15, 0.2) is 0 Å². The van der Waals surface area contributed by atoms with Crippen LogP contribution in [0.2, 0.25) is 0 Å². The van der Waals surface area contributed by atoms with Crippen LogP contribution in [-0.2, 0) is 6.54 Å². The zero-order valence-corrected chi connectivity index (χ0v) is 13.1. The van der Waals surface area contributed by atoms with Crippen LogP contribution in [0.25, 0.3) is 0 Å². The number of pyridine rings is 1. The third-order valence-electron chi connectivity index (χ3n) is 4.19. The Balaban J connectivity index is 1.99. The molecule has 1 aromatic heterocycles. The highest BCUT2D eigenvalue weighted by molar-refractivity contribution is 7.98. The maximum Gasteiger partial charge on any atom is 0.0544 e. The van der Waals surface area contributed by atoms with Crippen molar-refractivity contribution in [1.82, 2.24) is 4.98 Å². The molecule has 110 valence electrons. The predicted molar refractivity (Wildman–Crippen MR) is 89.7 cm³/mol. The molecule has 0 aliphatic carbocycles. The van der Waals surface area contributed by atoms with E-state index in [1.165, 1.54) is 34.6 Å². The number of hydrogen-bond donors (Lipinski definition) is 1. The van der Waals surface area contributed by atoms with Gasteiger partial charge in [-0.15, -0.1) is 11.8 Å². The van der Waals surface area contributed by atoms with Crippen molar-refractivity contribution in [2.45, 2.75) is 30.3 Å². The van der Waals surface area contributed by atoms with Crippen LogP contribution >= 0.6 is 11.8 Å². The molecular formula is C17H21N3S. The fourth-order valence-corrected chi connectivity index (χ4v) is 3.86. The molecule has 21 heavy (non-hydrogen) atoms. The van der Waals surface area contributed by atoms with Gasteiger partial charge in [-0.25, -0.2) is 0 Å². The molecule has 3 nitrogen and oxygen atoms in total. The molecular weight excluding hydrogens is 278 g/mol. The number of benzene rings is 1. The lowest BCUT2D eigenvalue weighted by atomic mass is 10.0. The van der Waals surface area contributed by atoms with Gasteiger partial charge in [0.25, 0.3) is 0 Å². The van der Waals surface area contributed by atoms with Gasteiger partial charge in [-0.1, -0.05) is 6.07 Å². The van der Waals surface area contributed by atoms with E-state index < -0.39 is 0 Å². The first kappa shape index (κ1) is 14.4. The molecule has 1 atom stereocenters. The Hall–Kier alpha value is -1.52. The van der Waals surface area contributed by atoms with Crippen LogP contribution in [0.5, 0.6) is 0 Å². The Morgan fingerprint density at radius 1 is 1.29 bits per heavy atom. The Labute approximate surface area is 130 Å². The summed E-state index contributed by atoms with van der Waals surface area (Å²) in [6.07, 6.45) is 8.29. The summed E-state index contributed by atoms with van der Waals surface area (Å²) in [5.41, 5.74) is 9.94. The van der Waals surface area contributed by atoms with E-state index in [1.807, 2.05) is 12.4 Å². The first-order valence-corrected chi connectivity index (χ1v) is 8.60. The van der Waals surface area contributed by atoms with E-state index in [4.69, 9.17) is 5.73 Å². The number of hydrogen-bond acceptors (Lipinski definition) is 4. The molecule has 0 spiro atoms. The molecule has 0 radical (unpaired) electrons. The Kier molecular flexibility index (Phi) is 4.46. The van der Waals surface area contributed by atoms with E-state index in [0.29, 0.717) is 12.6 Å². The number of anilines is 1. The average molecular weight is 299 g/mol. The lowest BCUT2D eigenvalue weighted by Gasteiger charge is -2.29. The summed E-state index contributed by atoms with van der Waals surface area (Å²) in [5, 5.41) is 0. The lowest BCUT2D eigenvalue weighted by Crippen LogP contribution is -2.24. The number of thioether (sulfide) groups is 1. The molecule has 1 aliphatic rings. The quantitative estimate of drug-likeness (QED) is 0.876. The molecule has 1 aromatic carbocycles. The normalized spacial score (nSPS) is 18.2. The molecule has 2 N–H and O–H groups in total. The summed E-state index contributed by atoms with van der Waals surface area (Å²) in [7, 11) is 0. The molecule has 2 aromatic rings. The maximum atomic E-state index is 6.03. The third kappa shape index (κ3) is 2.78. The van der Waals surface area contributed by atoms with Crippen molar-refractivity contribution >= 4 is 17.4 Å². The molecule has 0 saturated carbocycles. The van der Waals surface area contributed by atoms with Gasteiger partial charge < -0.3 is 10.6 Å². The second-order valence-electron chi connectivity index (χ2n) is 5.29. The van der Waals surface area contributed by atoms with E-state index in [2.05, 4.69) is 46.5 Å². The topological polar surface area (TPSA) is 42.2 Å². The van der Waals surface area contributed by atoms with E-state index in [0.717, 1.165) is 6.54 Å². The van der Waals surface area contributed by atoms with Crippen molar-refractivity contribution < 1.29 is 0 Å². The second kappa shape index (κ2) is 6.50. The molecule has 1 saturated heterocycles. The average Bonchev–Trinajstić information content (AvgIpc) is 3.04. The van der Waals surface area contributed by atoms with Gasteiger partial charge in [0, 0.05) is 41.6 Å². The molecule has 0 bridgehead atoms. The zero-order valence-electron chi connectivity index (χ0n) is 12.3. The SMILES string of the molecule is CSc1cccc(N2CCCC2c2ccncc2)c1CN. The minimum atomic E-state index is 0.440. The Morgan fingerprint density at radius 3 is 2.81 bits per heavy atom. The van der Waals surface area contributed by atoms with Gasteiger partial charge in [0.2, 0.25) is 0 Å². The van der Waals surface area contributed by atoms with Crippen molar-refractivity contribution in [1.29, 1.82) is 0 Å². The first-order valence-electron chi connectivity index (χ1n) is 7.37. The van der Waals surface area contributed by atoms with Gasteiger partial charge in [0.05, 0.1) is 6.04 Å². The molecule has 1 aliphatic heterocycles. The highest BCUT2D eigenvalue weighted by atomic mass is 32.2. The fraction of sp³-hybridized carbons (Fsp3) is 0.353. The smallest absolute Gasteiger partial charge is 0.0544 e. The highest BCUT2D eigenvalue weighted by Crippen LogP contribution is 2.39. The van der Waals surface area contributed by atoms with Crippen molar-refractivity contribution in [2.24, 2.45) is 5.73 Å². The van der Waals surface area contributed by atoms with E-state index in [-0.39, 0.29) is 0 Å². The minimum absolute atomic E-state index is 0.440. The molecule has 2 heterocycles. The third-order valence-corrected chi connectivity index (χ3v) is 5.01. The molecule has 0 amide bonds. The molecule has 1 unspecified atom stereocenters. The minimum Gasteiger partial charge on any atom is -0.364 e. The predicted octanol–water partition coefficient (Wildman–Crippen LogP) is 3.60. The summed E-state index contributed by atoms with van der Waals surface area (Å²) in [4.78, 5) is 7.93. The van der Waals surface area contributed by atoms with E-state index >= 15 is 0 Å². The largest absolute Gasteiger partial charge is 0.364 e. The first-order chi connectivity index (χ1) is 10.3. The van der Waals surface area contributed by atoms with Gasteiger partial charge in [0.1, 0.15) is 0 Å². The van der Waals surface area contributed by atoms with Crippen LogP contribution in [0.15, 0.2) is 47.6 Å². The highest BCUT2D eigenvalue weighted by Gasteiger charge is 2.27. The van der Waals surface area contributed by atoms with E-state index in [1.54, 1.807) is 11.8 Å². The van der Waals surface area contributed by atoms with Gasteiger partial charge in [-0.3, -0.25) is 4.98 Å². The lowest BCUT2D eigenvalue weighted by molar-refractivity contribution is 0.713. The van der Waals surface area contributed by atoms with Crippen LogP contribution in [-0.4, -0.2) is 17.8 Å². The van der Waals surface area contributed by atoms with Crippen molar-refractivity contribution in [3.63, 3.8) is 0 Å². The van der Waals surface area contributed by atoms with Crippen LogP contribution < -0.4 is 10.6 Å². The molecule has 3 rings (SSSR count). The van der Waals surface area contributed by atoms with Crippen LogP contribution in [0.1, 0.15) is 30.0 Å². The van der Waals surface area contributed by atoms with Crippen LogP contribution in [0.3, 0.4) is 0 Å². The molecule has 4 heteroatoms. The summed E-state index contributed by atoms with van der Waals surface area (Å²) in [6, 6.07) is 11.2. The Morgan fingerprint density at radius 2 is 2.10 bits per heavy atom. The van der Waals surface area contributed by atoms with Gasteiger partial charge in [-0.2, -0.15) is 0 Å². The summed E-state index contributed by atoms with van der Waals surface area (Å²) in [5.74, 6) is 0. The fourth-order valence-electron chi connectivity index (χ4n) is 3.21. The molecule has 1 fully saturated rings. The monoisotopic (exact) mass is 299 g/mol. The Bertz CT molecular complexity index is 600. The zero-order chi connectivity index (χ0) is 14.7. The summed E-state index contributed by atoms with van der Waals surface area (Å²) < 4.78 is 0. The van der Waals surface area contributed by atoms with Gasteiger partial charge in [-0.05, 0) is 48.9 Å². The van der Waals surface area contributed by atoms with Crippen LogP contribution in [0.4, 0.5) is 5.69 Å². The van der Waals surface area contributed by atoms with Crippen molar-refractivity contribution in [2.75, 3.05) is 17.7 Å². The number of nitrogens with two attached hydrogens (primary N) is 1.